The van der Waals surface area contributed by atoms with Crippen LogP contribution < -0.4 is 15.4 Å². The lowest BCUT2D eigenvalue weighted by atomic mass is 9.87. The predicted molar refractivity (Wildman–Crippen MR) is 117 cm³/mol. The Kier molecular flexibility index (Phi) is 6.15. The first-order chi connectivity index (χ1) is 16.0. The third-order valence-electron chi connectivity index (χ3n) is 6.13. The molecule has 2 aliphatic carbocycles. The second-order valence-corrected chi connectivity index (χ2v) is 10.1. The minimum absolute atomic E-state index is 0.0862. The molecule has 4 atom stereocenters. The van der Waals surface area contributed by atoms with E-state index < -0.39 is 44.0 Å². The highest BCUT2D eigenvalue weighted by Crippen LogP contribution is 2.44. The lowest BCUT2D eigenvalue weighted by Gasteiger charge is -2.28. The van der Waals surface area contributed by atoms with E-state index in [2.05, 4.69) is 10.6 Å². The minimum atomic E-state index is -5.56. The molecule has 2 bridgehead atoms. The lowest BCUT2D eigenvalue weighted by Crippen LogP contribution is -2.47. The van der Waals surface area contributed by atoms with E-state index in [0.29, 0.717) is 17.7 Å². The molecule has 0 heterocycles. The average molecular weight is 494 g/mol. The van der Waals surface area contributed by atoms with Gasteiger partial charge in [-0.25, -0.2) is 8.42 Å². The van der Waals surface area contributed by atoms with Crippen molar-refractivity contribution in [1.82, 2.24) is 5.32 Å². The van der Waals surface area contributed by atoms with Gasteiger partial charge in [-0.3, -0.25) is 9.59 Å². The summed E-state index contributed by atoms with van der Waals surface area (Å²) in [6, 6.07) is 10.1. The fraction of sp³-hybridized carbons (Fsp3) is 0.304. The Morgan fingerprint density at radius 3 is 2.44 bits per heavy atom. The van der Waals surface area contributed by atoms with Gasteiger partial charge in [-0.15, -0.1) is 0 Å². The maximum Gasteiger partial charge on any atom is 0.501 e. The monoisotopic (exact) mass is 494 g/mol. The van der Waals surface area contributed by atoms with Crippen LogP contribution in [0.3, 0.4) is 0 Å². The molecule has 2 aliphatic rings. The summed E-state index contributed by atoms with van der Waals surface area (Å²) in [5, 5.41) is 5.42. The molecule has 0 saturated heterocycles. The molecular weight excluding hydrogens is 473 g/mol. The molecule has 180 valence electrons. The van der Waals surface area contributed by atoms with Gasteiger partial charge in [-0.05, 0) is 48.6 Å². The number of ether oxygens (including phenoxy) is 1. The van der Waals surface area contributed by atoms with Gasteiger partial charge in [0.2, 0.25) is 5.91 Å². The molecular formula is C23H21F3N2O5S. The normalized spacial score (nSPS) is 23.5. The molecule has 0 unspecified atom stereocenters. The van der Waals surface area contributed by atoms with E-state index in [1.807, 2.05) is 12.2 Å². The largest absolute Gasteiger partial charge is 0.501 e. The zero-order valence-corrected chi connectivity index (χ0v) is 18.7. The van der Waals surface area contributed by atoms with E-state index in [1.165, 1.54) is 13.2 Å². The number of hydrogen-bond donors (Lipinski definition) is 2. The van der Waals surface area contributed by atoms with Crippen molar-refractivity contribution < 1.29 is 35.9 Å². The molecule has 0 spiro atoms. The van der Waals surface area contributed by atoms with Crippen molar-refractivity contribution in [3.63, 3.8) is 0 Å². The first-order valence-electron chi connectivity index (χ1n) is 10.4. The van der Waals surface area contributed by atoms with E-state index >= 15 is 0 Å². The Balaban J connectivity index is 1.54. The standard InChI is InChI=1S/C23H21F3N2O5S/c1-33-18-8-3-2-7-17(18)21(29)28-20-14-10-9-13(11-14)19(20)22(30)27-15-5-4-6-16(12-15)34(31,32)23(24,25)26/h2-10,12-14,19-20H,11H2,1H3,(H,27,30)(H,28,29)/t13-,14+,19-,20+/m0/s1. The van der Waals surface area contributed by atoms with Crippen LogP contribution in [0.5, 0.6) is 5.75 Å². The summed E-state index contributed by atoms with van der Waals surface area (Å²) in [5.41, 5.74) is -5.24. The molecule has 2 N–H and O–H groups in total. The Morgan fingerprint density at radius 1 is 1.03 bits per heavy atom. The Bertz CT molecular complexity index is 1260. The highest BCUT2D eigenvalue weighted by molar-refractivity contribution is 7.92. The van der Waals surface area contributed by atoms with Crippen LogP contribution in [0.1, 0.15) is 16.8 Å². The fourth-order valence-electron chi connectivity index (χ4n) is 4.54. The van der Waals surface area contributed by atoms with E-state index in [-0.39, 0.29) is 17.5 Å². The molecule has 1 saturated carbocycles. The van der Waals surface area contributed by atoms with Crippen LogP contribution in [0.2, 0.25) is 0 Å². The van der Waals surface area contributed by atoms with Crippen LogP contribution in [0.25, 0.3) is 0 Å². The van der Waals surface area contributed by atoms with Gasteiger partial charge in [0, 0.05) is 11.7 Å². The van der Waals surface area contributed by atoms with E-state index in [4.69, 9.17) is 4.74 Å². The molecule has 2 aromatic carbocycles. The van der Waals surface area contributed by atoms with Gasteiger partial charge in [0.15, 0.2) is 0 Å². The predicted octanol–water partition coefficient (Wildman–Crippen LogP) is 3.55. The van der Waals surface area contributed by atoms with Gasteiger partial charge in [-0.2, -0.15) is 13.2 Å². The number of amides is 2. The van der Waals surface area contributed by atoms with Gasteiger partial charge >= 0.3 is 5.51 Å². The van der Waals surface area contributed by atoms with Gasteiger partial charge in [-0.1, -0.05) is 30.4 Å². The molecule has 1 fully saturated rings. The van der Waals surface area contributed by atoms with Crippen LogP contribution in [0.15, 0.2) is 65.6 Å². The Morgan fingerprint density at radius 2 is 1.74 bits per heavy atom. The number of hydrogen-bond acceptors (Lipinski definition) is 5. The average Bonchev–Trinajstić information content (AvgIpc) is 3.40. The third kappa shape index (κ3) is 4.27. The summed E-state index contributed by atoms with van der Waals surface area (Å²) < 4.78 is 67.3. The van der Waals surface area contributed by atoms with Crippen molar-refractivity contribution >= 4 is 27.3 Å². The van der Waals surface area contributed by atoms with Crippen molar-refractivity contribution in [3.05, 3.63) is 66.2 Å². The highest BCUT2D eigenvalue weighted by atomic mass is 32.2. The number of sulfone groups is 1. The zero-order valence-electron chi connectivity index (χ0n) is 17.9. The number of halogens is 3. The van der Waals surface area contributed by atoms with Crippen LogP contribution >= 0.6 is 0 Å². The third-order valence-corrected chi connectivity index (χ3v) is 7.61. The summed E-state index contributed by atoms with van der Waals surface area (Å²) in [6.45, 7) is 0. The summed E-state index contributed by atoms with van der Waals surface area (Å²) in [7, 11) is -4.12. The lowest BCUT2D eigenvalue weighted by molar-refractivity contribution is -0.121. The Labute approximate surface area is 193 Å². The van der Waals surface area contributed by atoms with Crippen molar-refractivity contribution in [1.29, 1.82) is 0 Å². The number of anilines is 1. The van der Waals surface area contributed by atoms with E-state index in [9.17, 15) is 31.2 Å². The molecule has 4 rings (SSSR count). The first kappa shape index (κ1) is 23.8. The topological polar surface area (TPSA) is 102 Å². The van der Waals surface area contributed by atoms with Crippen molar-refractivity contribution in [2.45, 2.75) is 22.9 Å². The summed E-state index contributed by atoms with van der Waals surface area (Å²) in [6.07, 6.45) is 4.45. The summed E-state index contributed by atoms with van der Waals surface area (Å²) in [4.78, 5) is 25.1. The number of rotatable bonds is 6. The Hall–Kier alpha value is -3.34. The van der Waals surface area contributed by atoms with Crippen molar-refractivity contribution in [3.8, 4) is 5.75 Å². The van der Waals surface area contributed by atoms with Crippen LogP contribution in [0.4, 0.5) is 18.9 Å². The van der Waals surface area contributed by atoms with Gasteiger partial charge in [0.05, 0.1) is 23.5 Å². The molecule has 11 heteroatoms. The summed E-state index contributed by atoms with van der Waals surface area (Å²) >= 11 is 0. The molecule has 2 amide bonds. The molecule has 2 aromatic rings. The number of alkyl halides is 3. The molecule has 34 heavy (non-hydrogen) atoms. The molecule has 0 aromatic heterocycles. The number of para-hydroxylation sites is 1. The van der Waals surface area contributed by atoms with Crippen molar-refractivity contribution in [2.24, 2.45) is 17.8 Å². The second kappa shape index (κ2) is 8.79. The SMILES string of the molecule is COc1ccccc1C(=O)N[C@H]1[C@@H](C(=O)Nc2cccc(S(=O)(=O)C(F)(F)F)c2)[C@H]2C=C[C@@H]1C2. The molecule has 0 radical (unpaired) electrons. The van der Waals surface area contributed by atoms with Crippen LogP contribution in [0, 0.1) is 17.8 Å². The number of benzene rings is 2. The second-order valence-electron chi connectivity index (χ2n) is 8.14. The van der Waals surface area contributed by atoms with E-state index in [0.717, 1.165) is 18.2 Å². The fourth-order valence-corrected chi connectivity index (χ4v) is 5.35. The van der Waals surface area contributed by atoms with Crippen molar-refractivity contribution in [2.75, 3.05) is 12.4 Å². The number of nitrogens with one attached hydrogen (secondary N) is 2. The van der Waals surface area contributed by atoms with Gasteiger partial charge in [0.1, 0.15) is 5.75 Å². The molecule has 0 aliphatic heterocycles. The van der Waals surface area contributed by atoms with Crippen LogP contribution in [-0.2, 0) is 14.6 Å². The number of carbonyl (C=O) groups excluding carboxylic acids is 2. The number of fused-ring (bicyclic) bond motifs is 2. The van der Waals surface area contributed by atoms with E-state index in [1.54, 1.807) is 24.3 Å². The van der Waals surface area contributed by atoms with Crippen LogP contribution in [-0.4, -0.2) is 38.9 Å². The molecule has 7 nitrogen and oxygen atoms in total. The highest BCUT2D eigenvalue weighted by Gasteiger charge is 2.49. The number of allylic oxidation sites excluding steroid dienone is 1. The van der Waals surface area contributed by atoms with Gasteiger partial charge in [0.25, 0.3) is 15.7 Å². The van der Waals surface area contributed by atoms with Gasteiger partial charge < -0.3 is 15.4 Å². The smallest absolute Gasteiger partial charge is 0.496 e. The maximum atomic E-state index is 13.1. The first-order valence-corrected chi connectivity index (χ1v) is 11.9. The zero-order chi connectivity index (χ0) is 24.7. The maximum absolute atomic E-state index is 13.1. The number of carbonyl (C=O) groups is 2. The quantitative estimate of drug-likeness (QED) is 0.599. The number of methoxy groups -OCH3 is 1. The minimum Gasteiger partial charge on any atom is -0.496 e. The summed E-state index contributed by atoms with van der Waals surface area (Å²) in [5.74, 6) is -1.51.